The Morgan fingerprint density at radius 1 is 1.16 bits per heavy atom. The fraction of sp³-hybridized carbons (Fsp3) is 0.357. The third-order valence-electron chi connectivity index (χ3n) is 7.12. The van der Waals surface area contributed by atoms with Crippen LogP contribution in [0.2, 0.25) is 5.02 Å². The summed E-state index contributed by atoms with van der Waals surface area (Å²) in [4.78, 5) is 4.47. The number of pyridine rings is 1. The molecular formula is C28H30ClFN8. The fourth-order valence-electron chi connectivity index (χ4n) is 4.94. The molecule has 0 unspecified atom stereocenters. The molecule has 8 nitrogen and oxygen atoms in total. The second-order valence-electron chi connectivity index (χ2n) is 9.95. The normalized spacial score (nSPS) is 20.1. The first-order valence-electron chi connectivity index (χ1n) is 13.5. The van der Waals surface area contributed by atoms with Gasteiger partial charge in [-0.2, -0.15) is 5.26 Å². The van der Waals surface area contributed by atoms with Crippen LogP contribution in [0.4, 0.5) is 15.8 Å². The molecule has 10 heteroatoms. The van der Waals surface area contributed by atoms with Crippen molar-refractivity contribution in [3.05, 3.63) is 76.5 Å². The first kappa shape index (κ1) is 23.5. The SMILES string of the molecule is [2H][C@@](Nc1cc(Cl)c2ncc(C#N)c(NN3CCCCCC3)c2c1)(C1=CN(C2CC2)NN1)c1ccc(F)cc1. The topological polar surface area (TPSA) is 91.3 Å². The molecular weight excluding hydrogens is 503 g/mol. The Balaban J connectivity index is 1.42. The van der Waals surface area contributed by atoms with Crippen LogP contribution in [0.1, 0.15) is 57.0 Å². The average molecular weight is 534 g/mol. The predicted molar refractivity (Wildman–Crippen MR) is 147 cm³/mol. The number of halogens is 2. The van der Waals surface area contributed by atoms with Gasteiger partial charge in [0, 0.05) is 42.6 Å². The molecule has 0 spiro atoms. The van der Waals surface area contributed by atoms with E-state index in [0.717, 1.165) is 38.8 Å². The van der Waals surface area contributed by atoms with Gasteiger partial charge in [-0.1, -0.05) is 36.6 Å². The van der Waals surface area contributed by atoms with E-state index in [9.17, 15) is 11.0 Å². The van der Waals surface area contributed by atoms with E-state index in [1.807, 2.05) is 17.3 Å². The van der Waals surface area contributed by atoms with Crippen molar-refractivity contribution in [2.45, 2.75) is 50.6 Å². The summed E-state index contributed by atoms with van der Waals surface area (Å²) in [5.74, 6) is -0.375. The standard InChI is InChI=1S/C28H30ClFN8/c29-24-14-21(13-23-26(19(15-31)16-32-28(23)24)35-37-11-3-1-2-4-12-37)33-27(18-5-7-20(30)8-6-18)25-17-38(36-34-25)22-9-10-22/h5-8,13-14,16-17,22,27,33-34,36H,1-4,9-12H2,(H,32,35)/t27-/m0/s1/i27D. The minimum Gasteiger partial charge on any atom is -0.373 e. The van der Waals surface area contributed by atoms with Gasteiger partial charge in [-0.15, -0.1) is 5.53 Å². The maximum absolute atomic E-state index is 13.8. The molecule has 1 saturated heterocycles. The van der Waals surface area contributed by atoms with Crippen LogP contribution >= 0.6 is 11.6 Å². The summed E-state index contributed by atoms with van der Waals surface area (Å²) >= 11 is 6.74. The molecule has 2 aromatic carbocycles. The minimum atomic E-state index is -1.50. The lowest BCUT2D eigenvalue weighted by molar-refractivity contribution is 0.260. The van der Waals surface area contributed by atoms with E-state index in [1.54, 1.807) is 24.4 Å². The number of anilines is 2. The van der Waals surface area contributed by atoms with Gasteiger partial charge < -0.3 is 16.2 Å². The van der Waals surface area contributed by atoms with Gasteiger partial charge in [0.25, 0.3) is 0 Å². The average Bonchev–Trinajstić information content (AvgIpc) is 3.71. The molecule has 2 aliphatic heterocycles. The molecule has 1 aliphatic carbocycles. The van der Waals surface area contributed by atoms with E-state index in [-0.39, 0.29) is 5.82 Å². The van der Waals surface area contributed by atoms with Crippen LogP contribution in [0.3, 0.4) is 0 Å². The molecule has 3 aliphatic rings. The molecule has 3 heterocycles. The second-order valence-corrected chi connectivity index (χ2v) is 10.4. The predicted octanol–water partition coefficient (Wildman–Crippen LogP) is 5.58. The van der Waals surface area contributed by atoms with Crippen LogP contribution < -0.4 is 21.7 Å². The third kappa shape index (κ3) is 5.20. The molecule has 0 radical (unpaired) electrons. The number of nitrogens with zero attached hydrogens (tertiary/aromatic N) is 4. The van der Waals surface area contributed by atoms with Crippen LogP contribution in [0.25, 0.3) is 10.9 Å². The van der Waals surface area contributed by atoms with Gasteiger partial charge in [0.2, 0.25) is 0 Å². The zero-order valence-electron chi connectivity index (χ0n) is 21.9. The highest BCUT2D eigenvalue weighted by atomic mass is 35.5. The molecule has 0 bridgehead atoms. The zero-order valence-corrected chi connectivity index (χ0v) is 21.7. The van der Waals surface area contributed by atoms with Crippen molar-refractivity contribution < 1.29 is 5.76 Å². The Morgan fingerprint density at radius 3 is 2.63 bits per heavy atom. The second kappa shape index (κ2) is 10.7. The van der Waals surface area contributed by atoms with Crippen molar-refractivity contribution >= 4 is 33.9 Å². The molecule has 38 heavy (non-hydrogen) atoms. The third-order valence-corrected chi connectivity index (χ3v) is 7.41. The highest BCUT2D eigenvalue weighted by molar-refractivity contribution is 6.35. The lowest BCUT2D eigenvalue weighted by Crippen LogP contribution is -2.38. The number of rotatable bonds is 7. The van der Waals surface area contributed by atoms with Crippen molar-refractivity contribution in [2.24, 2.45) is 0 Å². The van der Waals surface area contributed by atoms with Gasteiger partial charge in [0.15, 0.2) is 0 Å². The van der Waals surface area contributed by atoms with Crippen LogP contribution in [0, 0.1) is 17.1 Å². The Kier molecular flexibility index (Phi) is 6.60. The van der Waals surface area contributed by atoms with Gasteiger partial charge in [-0.25, -0.2) is 9.40 Å². The molecule has 196 valence electrons. The maximum atomic E-state index is 13.8. The Morgan fingerprint density at radius 2 is 1.92 bits per heavy atom. The number of benzene rings is 2. The van der Waals surface area contributed by atoms with E-state index >= 15 is 0 Å². The monoisotopic (exact) mass is 533 g/mol. The largest absolute Gasteiger partial charge is 0.373 e. The molecule has 1 saturated carbocycles. The van der Waals surface area contributed by atoms with E-state index in [2.05, 4.69) is 37.8 Å². The van der Waals surface area contributed by atoms with Gasteiger partial charge in [-0.05, 0) is 55.5 Å². The Hall–Kier alpha value is -3.58. The first-order chi connectivity index (χ1) is 18.9. The summed E-state index contributed by atoms with van der Waals surface area (Å²) in [6.45, 7) is 1.76. The Labute approximate surface area is 227 Å². The number of fused-ring (bicyclic) bond motifs is 1. The minimum absolute atomic E-state index is 0.375. The van der Waals surface area contributed by atoms with Crippen molar-refractivity contribution in [2.75, 3.05) is 23.8 Å². The highest BCUT2D eigenvalue weighted by Gasteiger charge is 2.32. The van der Waals surface area contributed by atoms with Crippen LogP contribution in [0.5, 0.6) is 0 Å². The molecule has 1 atom stereocenters. The van der Waals surface area contributed by atoms with Crippen molar-refractivity contribution in [1.82, 2.24) is 26.0 Å². The zero-order chi connectivity index (χ0) is 27.0. The molecule has 3 aromatic rings. The maximum Gasteiger partial charge on any atom is 0.123 e. The summed E-state index contributed by atoms with van der Waals surface area (Å²) in [5, 5.41) is 18.4. The lowest BCUT2D eigenvalue weighted by Gasteiger charge is -2.25. The molecule has 1 aromatic heterocycles. The van der Waals surface area contributed by atoms with Crippen molar-refractivity contribution in [3.63, 3.8) is 0 Å². The first-order valence-corrected chi connectivity index (χ1v) is 13.4. The molecule has 4 N–H and O–H groups in total. The smallest absolute Gasteiger partial charge is 0.123 e. The number of hydrazine groups is 3. The fourth-order valence-corrected chi connectivity index (χ4v) is 5.21. The van der Waals surface area contributed by atoms with Crippen molar-refractivity contribution in [1.29, 1.82) is 5.26 Å². The van der Waals surface area contributed by atoms with Gasteiger partial charge in [-0.3, -0.25) is 9.99 Å². The van der Waals surface area contributed by atoms with Gasteiger partial charge in [0.05, 0.1) is 34.9 Å². The number of aromatic nitrogens is 1. The van der Waals surface area contributed by atoms with Crippen LogP contribution in [0.15, 0.2) is 54.5 Å². The van der Waals surface area contributed by atoms with E-state index < -0.39 is 6.02 Å². The summed E-state index contributed by atoms with van der Waals surface area (Å²) in [7, 11) is 0. The summed E-state index contributed by atoms with van der Waals surface area (Å²) in [6, 6.07) is 10.6. The van der Waals surface area contributed by atoms with Gasteiger partial charge >= 0.3 is 0 Å². The van der Waals surface area contributed by atoms with E-state index in [4.69, 9.17) is 11.6 Å². The highest BCUT2D eigenvalue weighted by Crippen LogP contribution is 2.37. The van der Waals surface area contributed by atoms with E-state index in [1.165, 1.54) is 25.0 Å². The molecule has 2 fully saturated rings. The lowest BCUT2D eigenvalue weighted by atomic mass is 10.0. The number of nitriles is 1. The quantitative estimate of drug-likeness (QED) is 0.313. The number of hydrogen-bond acceptors (Lipinski definition) is 8. The van der Waals surface area contributed by atoms with Crippen LogP contribution in [-0.2, 0) is 0 Å². The summed E-state index contributed by atoms with van der Waals surface area (Å²) in [5.41, 5.74) is 13.0. The Bertz CT molecular complexity index is 1450. The van der Waals surface area contributed by atoms with E-state index in [0.29, 0.717) is 50.2 Å². The van der Waals surface area contributed by atoms with Gasteiger partial charge in [0.1, 0.15) is 11.9 Å². The van der Waals surface area contributed by atoms with Crippen LogP contribution in [-0.4, -0.2) is 34.1 Å². The molecule has 0 amide bonds. The molecule has 6 rings (SSSR count). The summed E-state index contributed by atoms with van der Waals surface area (Å²) < 4.78 is 23.4. The summed E-state index contributed by atoms with van der Waals surface area (Å²) in [6.07, 6.45) is 10.1. The van der Waals surface area contributed by atoms with Crippen molar-refractivity contribution in [3.8, 4) is 6.07 Å². The number of hydrogen-bond donors (Lipinski definition) is 4. The number of nitrogens with one attached hydrogen (secondary N) is 4.